The first kappa shape index (κ1) is 20.7. The van der Waals surface area contributed by atoms with Crippen LogP contribution in [0.1, 0.15) is 45.4 Å². The molecular formula is C20H27N3O4S2. The lowest BCUT2D eigenvalue weighted by Crippen LogP contribution is -2.44. The molecule has 0 aromatic heterocycles. The van der Waals surface area contributed by atoms with E-state index in [0.717, 1.165) is 17.7 Å². The van der Waals surface area contributed by atoms with Crippen LogP contribution in [0.5, 0.6) is 0 Å². The fraction of sp³-hybridized carbons (Fsp3) is 0.600. The number of carbonyl (C=O) groups excluding carboxylic acids is 2. The number of nitrogens with zero attached hydrogens (tertiary/aromatic N) is 1. The zero-order valence-electron chi connectivity index (χ0n) is 16.5. The Balaban J connectivity index is 1.41. The molecule has 1 aromatic carbocycles. The fourth-order valence-corrected chi connectivity index (χ4v) is 6.67. The fourth-order valence-electron chi connectivity index (χ4n) is 4.24. The van der Waals surface area contributed by atoms with Gasteiger partial charge in [-0.1, -0.05) is 12.8 Å². The molecule has 4 rings (SSSR count). The van der Waals surface area contributed by atoms with E-state index in [1.54, 1.807) is 18.2 Å². The zero-order chi connectivity index (χ0) is 20.6. The van der Waals surface area contributed by atoms with E-state index in [4.69, 9.17) is 0 Å². The van der Waals surface area contributed by atoms with Gasteiger partial charge in [-0.3, -0.25) is 9.59 Å². The van der Waals surface area contributed by atoms with Crippen molar-refractivity contribution in [2.45, 2.75) is 66.5 Å². The minimum absolute atomic E-state index is 0.0663. The zero-order valence-corrected chi connectivity index (χ0v) is 18.2. The minimum Gasteiger partial charge on any atom is -0.353 e. The Morgan fingerprint density at radius 2 is 1.86 bits per heavy atom. The maximum Gasteiger partial charge on any atom is 0.243 e. The topological polar surface area (TPSA) is 95.6 Å². The molecule has 158 valence electrons. The van der Waals surface area contributed by atoms with E-state index in [1.807, 2.05) is 6.92 Å². The first-order valence-corrected chi connectivity index (χ1v) is 12.6. The van der Waals surface area contributed by atoms with Crippen LogP contribution < -0.4 is 10.6 Å². The molecule has 7 nitrogen and oxygen atoms in total. The Hall–Kier alpha value is -1.58. The van der Waals surface area contributed by atoms with Gasteiger partial charge >= 0.3 is 0 Å². The second kappa shape index (κ2) is 8.28. The van der Waals surface area contributed by atoms with Crippen LogP contribution in [0.2, 0.25) is 0 Å². The van der Waals surface area contributed by atoms with Crippen LogP contribution in [0.4, 0.5) is 5.69 Å². The molecule has 0 bridgehead atoms. The Morgan fingerprint density at radius 1 is 1.17 bits per heavy atom. The average molecular weight is 438 g/mol. The molecule has 0 unspecified atom stereocenters. The molecule has 0 radical (unpaired) electrons. The molecule has 3 aliphatic rings. The number of sulfonamides is 1. The molecule has 2 heterocycles. The molecule has 9 heteroatoms. The Morgan fingerprint density at radius 3 is 2.55 bits per heavy atom. The second-order valence-electron chi connectivity index (χ2n) is 8.08. The van der Waals surface area contributed by atoms with Gasteiger partial charge in [-0.2, -0.15) is 4.31 Å². The molecule has 1 aromatic rings. The highest BCUT2D eigenvalue weighted by Crippen LogP contribution is 2.37. The number of rotatable bonds is 4. The first-order valence-electron chi connectivity index (χ1n) is 10.3. The summed E-state index contributed by atoms with van der Waals surface area (Å²) >= 11 is 1.43. The summed E-state index contributed by atoms with van der Waals surface area (Å²) in [5, 5.41) is 5.72. The number of benzene rings is 1. The van der Waals surface area contributed by atoms with Crippen LogP contribution in [0.3, 0.4) is 0 Å². The van der Waals surface area contributed by atoms with Crippen molar-refractivity contribution < 1.29 is 18.0 Å². The van der Waals surface area contributed by atoms with Crippen molar-refractivity contribution in [3.8, 4) is 0 Å². The van der Waals surface area contributed by atoms with E-state index in [-0.39, 0.29) is 33.9 Å². The van der Waals surface area contributed by atoms with E-state index in [9.17, 15) is 18.0 Å². The van der Waals surface area contributed by atoms with Gasteiger partial charge in [0.1, 0.15) is 0 Å². The predicted molar refractivity (Wildman–Crippen MR) is 112 cm³/mol. The van der Waals surface area contributed by atoms with Crippen molar-refractivity contribution in [3.05, 3.63) is 18.2 Å². The van der Waals surface area contributed by atoms with Gasteiger partial charge in [0.2, 0.25) is 21.8 Å². The highest BCUT2D eigenvalue weighted by Gasteiger charge is 2.34. The summed E-state index contributed by atoms with van der Waals surface area (Å²) in [6.45, 7) is 2.49. The van der Waals surface area contributed by atoms with Gasteiger partial charge in [-0.25, -0.2) is 8.42 Å². The third kappa shape index (κ3) is 4.32. The van der Waals surface area contributed by atoms with Gasteiger partial charge in [0.05, 0.1) is 15.8 Å². The van der Waals surface area contributed by atoms with Gasteiger partial charge in [0.25, 0.3) is 0 Å². The van der Waals surface area contributed by atoms with Gasteiger partial charge in [-0.05, 0) is 50.8 Å². The lowest BCUT2D eigenvalue weighted by molar-refractivity contribution is -0.126. The number of carbonyl (C=O) groups is 2. The van der Waals surface area contributed by atoms with Gasteiger partial charge in [-0.15, -0.1) is 11.8 Å². The lowest BCUT2D eigenvalue weighted by Gasteiger charge is -2.31. The summed E-state index contributed by atoms with van der Waals surface area (Å²) in [7, 11) is -3.66. The summed E-state index contributed by atoms with van der Waals surface area (Å²) in [5.41, 5.74) is 0.546. The lowest BCUT2D eigenvalue weighted by atomic mass is 9.97. The van der Waals surface area contributed by atoms with Crippen molar-refractivity contribution in [1.29, 1.82) is 0 Å². The second-order valence-corrected chi connectivity index (χ2v) is 11.4. The molecule has 1 saturated carbocycles. The molecule has 2 amide bonds. The van der Waals surface area contributed by atoms with Crippen molar-refractivity contribution in [2.75, 3.05) is 18.4 Å². The molecule has 1 aliphatic carbocycles. The highest BCUT2D eigenvalue weighted by molar-refractivity contribution is 8.01. The normalized spacial score (nSPS) is 24.2. The van der Waals surface area contributed by atoms with Crippen molar-refractivity contribution in [2.24, 2.45) is 5.92 Å². The highest BCUT2D eigenvalue weighted by atomic mass is 32.2. The minimum atomic E-state index is -3.66. The monoisotopic (exact) mass is 437 g/mol. The van der Waals surface area contributed by atoms with Crippen LogP contribution in [-0.2, 0) is 19.6 Å². The SMILES string of the molecule is C[C@H]1Sc2ccc(S(=O)(=O)N3CCC(C(=O)NC4CCCC4)CC3)cc2NC1=O. The molecule has 1 atom stereocenters. The van der Waals surface area contributed by atoms with E-state index < -0.39 is 10.0 Å². The molecular weight excluding hydrogens is 410 g/mol. The number of thioether (sulfide) groups is 1. The summed E-state index contributed by atoms with van der Waals surface area (Å²) in [4.78, 5) is 25.4. The van der Waals surface area contributed by atoms with Crippen molar-refractivity contribution in [3.63, 3.8) is 0 Å². The Kier molecular flexibility index (Phi) is 5.90. The third-order valence-corrected chi connectivity index (χ3v) is 9.12. The summed E-state index contributed by atoms with van der Waals surface area (Å²) in [5.74, 6) is -0.175. The Bertz CT molecular complexity index is 904. The predicted octanol–water partition coefficient (Wildman–Crippen LogP) is 2.58. The maximum absolute atomic E-state index is 13.1. The first-order chi connectivity index (χ1) is 13.8. The molecule has 1 saturated heterocycles. The van der Waals surface area contributed by atoms with E-state index in [1.165, 1.54) is 28.9 Å². The maximum atomic E-state index is 13.1. The molecule has 0 spiro atoms. The number of anilines is 1. The van der Waals surface area contributed by atoms with E-state index >= 15 is 0 Å². The number of hydrogen-bond donors (Lipinski definition) is 2. The third-order valence-electron chi connectivity index (χ3n) is 6.05. The number of amides is 2. The van der Waals surface area contributed by atoms with Crippen LogP contribution in [-0.4, -0.2) is 48.9 Å². The molecule has 29 heavy (non-hydrogen) atoms. The van der Waals surface area contributed by atoms with Crippen LogP contribution >= 0.6 is 11.8 Å². The summed E-state index contributed by atoms with van der Waals surface area (Å²) in [6, 6.07) is 5.19. The summed E-state index contributed by atoms with van der Waals surface area (Å²) < 4.78 is 27.6. The van der Waals surface area contributed by atoms with Gasteiger partial charge in [0.15, 0.2) is 0 Å². The number of fused-ring (bicyclic) bond motifs is 1. The van der Waals surface area contributed by atoms with Gasteiger partial charge < -0.3 is 10.6 Å². The van der Waals surface area contributed by atoms with Crippen molar-refractivity contribution in [1.82, 2.24) is 9.62 Å². The average Bonchev–Trinajstić information content (AvgIpc) is 3.21. The van der Waals surface area contributed by atoms with Crippen molar-refractivity contribution >= 4 is 39.3 Å². The van der Waals surface area contributed by atoms with Crippen LogP contribution in [0.25, 0.3) is 0 Å². The smallest absolute Gasteiger partial charge is 0.243 e. The van der Waals surface area contributed by atoms with Crippen LogP contribution in [0.15, 0.2) is 28.0 Å². The summed E-state index contributed by atoms with van der Waals surface area (Å²) in [6.07, 6.45) is 5.50. The van der Waals surface area contributed by atoms with Crippen LogP contribution in [0, 0.1) is 5.92 Å². The Labute approximate surface area is 176 Å². The van der Waals surface area contributed by atoms with Gasteiger partial charge in [0, 0.05) is 29.9 Å². The number of hydrogen-bond acceptors (Lipinski definition) is 5. The number of nitrogens with one attached hydrogen (secondary N) is 2. The van der Waals surface area contributed by atoms with E-state index in [2.05, 4.69) is 10.6 Å². The largest absolute Gasteiger partial charge is 0.353 e. The molecule has 2 aliphatic heterocycles. The standard InChI is InChI=1S/C20H27N3O4S2/c1-13-19(24)22-17-12-16(6-7-18(17)28-13)29(26,27)23-10-8-14(9-11-23)20(25)21-15-4-2-3-5-15/h6-7,12-15H,2-5,8-11H2,1H3,(H,21,25)(H,22,24)/t13-/m1/s1. The number of piperidine rings is 1. The molecule has 2 fully saturated rings. The molecule has 2 N–H and O–H groups in total. The van der Waals surface area contributed by atoms with E-state index in [0.29, 0.717) is 31.6 Å². The quantitative estimate of drug-likeness (QED) is 0.755.